The lowest BCUT2D eigenvalue weighted by Gasteiger charge is -2.34. The second-order valence-corrected chi connectivity index (χ2v) is 10.1. The molecule has 6 heteroatoms. The monoisotopic (exact) mass is 499 g/mol. The van der Waals surface area contributed by atoms with Crippen LogP contribution in [0.4, 0.5) is 5.69 Å². The number of thiocarbonyl (C=S) groups is 1. The first kappa shape index (κ1) is 24.1. The first-order chi connectivity index (χ1) is 16.0. The lowest BCUT2D eigenvalue weighted by atomic mass is 10.1. The van der Waals surface area contributed by atoms with Crippen molar-refractivity contribution >= 4 is 46.2 Å². The number of anilines is 1. The quantitative estimate of drug-likeness (QED) is 0.273. The molecule has 0 aliphatic heterocycles. The Hall–Kier alpha value is -2.01. The number of nitrogens with one attached hydrogen (secondary N) is 1. The molecule has 1 aliphatic rings. The zero-order chi connectivity index (χ0) is 23.2. The molecule has 4 rings (SSSR count). The Bertz CT molecular complexity index is 1090. The highest BCUT2D eigenvalue weighted by molar-refractivity contribution is 7.80. The second kappa shape index (κ2) is 11.4. The highest BCUT2D eigenvalue weighted by Crippen LogP contribution is 2.26. The van der Waals surface area contributed by atoms with Crippen molar-refractivity contribution in [3.05, 3.63) is 87.7 Å². The summed E-state index contributed by atoms with van der Waals surface area (Å²) in [5.41, 5.74) is 4.34. The number of rotatable bonds is 6. The minimum atomic E-state index is 0.428. The van der Waals surface area contributed by atoms with Gasteiger partial charge in [-0.15, -0.1) is 0 Å². The molecule has 1 saturated carbocycles. The van der Waals surface area contributed by atoms with Crippen LogP contribution in [0, 0.1) is 6.92 Å². The molecule has 0 saturated heterocycles. The minimum absolute atomic E-state index is 0.428. The molecular formula is C27H31Cl2N3S. The summed E-state index contributed by atoms with van der Waals surface area (Å²) in [6, 6.07) is 18.8. The molecule has 174 valence electrons. The Morgan fingerprint density at radius 2 is 1.76 bits per heavy atom. The van der Waals surface area contributed by atoms with Crippen molar-refractivity contribution in [2.75, 3.05) is 5.32 Å². The SMILES string of the molecule is Cc1ccc(NC(=S)N(Cc2cccn2Cc2ccccc2Cl)C2CCCCCC2)cc1Cl. The lowest BCUT2D eigenvalue weighted by molar-refractivity contribution is 0.275. The average molecular weight is 501 g/mol. The number of halogens is 2. The van der Waals surface area contributed by atoms with Crippen LogP contribution < -0.4 is 5.32 Å². The van der Waals surface area contributed by atoms with E-state index in [4.69, 9.17) is 35.4 Å². The van der Waals surface area contributed by atoms with E-state index < -0.39 is 0 Å². The van der Waals surface area contributed by atoms with Crippen LogP contribution in [0.3, 0.4) is 0 Å². The fraction of sp³-hybridized carbons (Fsp3) is 0.370. The van der Waals surface area contributed by atoms with Crippen molar-refractivity contribution in [1.82, 2.24) is 9.47 Å². The predicted molar refractivity (Wildman–Crippen MR) is 144 cm³/mol. The van der Waals surface area contributed by atoms with Crippen molar-refractivity contribution < 1.29 is 0 Å². The third-order valence-electron chi connectivity index (χ3n) is 6.50. The highest BCUT2D eigenvalue weighted by atomic mass is 35.5. The van der Waals surface area contributed by atoms with Gasteiger partial charge in [-0.3, -0.25) is 0 Å². The molecule has 3 nitrogen and oxygen atoms in total. The molecule has 1 fully saturated rings. The van der Waals surface area contributed by atoms with Crippen LogP contribution in [0.1, 0.15) is 55.3 Å². The molecule has 0 unspecified atom stereocenters. The third-order valence-corrected chi connectivity index (χ3v) is 7.62. The third kappa shape index (κ3) is 6.32. The number of benzene rings is 2. The fourth-order valence-electron chi connectivity index (χ4n) is 4.53. The van der Waals surface area contributed by atoms with Crippen molar-refractivity contribution in [1.29, 1.82) is 0 Å². The van der Waals surface area contributed by atoms with E-state index >= 15 is 0 Å². The summed E-state index contributed by atoms with van der Waals surface area (Å²) in [4.78, 5) is 2.38. The van der Waals surface area contributed by atoms with Gasteiger partial charge >= 0.3 is 0 Å². The highest BCUT2D eigenvalue weighted by Gasteiger charge is 2.24. The van der Waals surface area contributed by atoms with Crippen LogP contribution in [0.15, 0.2) is 60.8 Å². The Labute approximate surface area is 212 Å². The van der Waals surface area contributed by atoms with E-state index in [1.54, 1.807) is 0 Å². The Morgan fingerprint density at radius 1 is 1.00 bits per heavy atom. The van der Waals surface area contributed by atoms with Crippen molar-refractivity contribution in [2.24, 2.45) is 0 Å². The minimum Gasteiger partial charge on any atom is -0.345 e. The first-order valence-corrected chi connectivity index (χ1v) is 12.9. The molecule has 1 N–H and O–H groups in total. The summed E-state index contributed by atoms with van der Waals surface area (Å²) in [7, 11) is 0. The smallest absolute Gasteiger partial charge is 0.174 e. The van der Waals surface area contributed by atoms with E-state index in [1.807, 2.05) is 43.3 Å². The van der Waals surface area contributed by atoms with Gasteiger partial charge in [0.1, 0.15) is 0 Å². The average Bonchev–Trinajstić information content (AvgIpc) is 3.05. The lowest BCUT2D eigenvalue weighted by Crippen LogP contribution is -2.42. The van der Waals surface area contributed by atoms with E-state index in [2.05, 4.69) is 39.2 Å². The topological polar surface area (TPSA) is 20.2 Å². The largest absolute Gasteiger partial charge is 0.345 e. The molecule has 1 heterocycles. The van der Waals surface area contributed by atoms with Gasteiger partial charge in [0.15, 0.2) is 5.11 Å². The molecule has 0 amide bonds. The predicted octanol–water partition coefficient (Wildman–Crippen LogP) is 8.07. The van der Waals surface area contributed by atoms with Gasteiger partial charge in [-0.25, -0.2) is 0 Å². The Morgan fingerprint density at radius 3 is 2.48 bits per heavy atom. The molecular weight excluding hydrogens is 469 g/mol. The van der Waals surface area contributed by atoms with Gasteiger partial charge in [0.2, 0.25) is 0 Å². The van der Waals surface area contributed by atoms with E-state index in [1.165, 1.54) is 44.2 Å². The zero-order valence-electron chi connectivity index (χ0n) is 19.1. The van der Waals surface area contributed by atoms with E-state index in [-0.39, 0.29) is 0 Å². The number of aryl methyl sites for hydroxylation is 1. The Balaban J connectivity index is 1.56. The van der Waals surface area contributed by atoms with Gasteiger partial charge in [-0.05, 0) is 73.4 Å². The summed E-state index contributed by atoms with van der Waals surface area (Å²) < 4.78 is 2.27. The number of hydrogen-bond acceptors (Lipinski definition) is 1. The second-order valence-electron chi connectivity index (χ2n) is 8.89. The van der Waals surface area contributed by atoms with Crippen LogP contribution in [-0.2, 0) is 13.1 Å². The number of aromatic nitrogens is 1. The fourth-order valence-corrected chi connectivity index (χ4v) is 5.24. The molecule has 33 heavy (non-hydrogen) atoms. The summed E-state index contributed by atoms with van der Waals surface area (Å²) in [5, 5.41) is 5.76. The van der Waals surface area contributed by atoms with E-state index in [0.29, 0.717) is 6.04 Å². The summed E-state index contributed by atoms with van der Waals surface area (Å²) in [6.07, 6.45) is 9.58. The van der Waals surface area contributed by atoms with Crippen molar-refractivity contribution in [3.63, 3.8) is 0 Å². The van der Waals surface area contributed by atoms with Crippen LogP contribution in [0.25, 0.3) is 0 Å². The van der Waals surface area contributed by atoms with Gasteiger partial charge < -0.3 is 14.8 Å². The van der Waals surface area contributed by atoms with Crippen LogP contribution in [-0.4, -0.2) is 20.6 Å². The molecule has 0 spiro atoms. The van der Waals surface area contributed by atoms with Gasteiger partial charge in [-0.1, -0.05) is 73.2 Å². The number of hydrogen-bond donors (Lipinski definition) is 1. The summed E-state index contributed by atoms with van der Waals surface area (Å²) >= 11 is 18.8. The maximum atomic E-state index is 6.44. The van der Waals surface area contributed by atoms with E-state index in [9.17, 15) is 0 Å². The molecule has 1 aromatic heterocycles. The Kier molecular flexibility index (Phi) is 8.34. The molecule has 1 aliphatic carbocycles. The number of nitrogens with zero attached hydrogens (tertiary/aromatic N) is 2. The maximum Gasteiger partial charge on any atom is 0.174 e. The van der Waals surface area contributed by atoms with Gasteiger partial charge in [0.25, 0.3) is 0 Å². The normalized spacial score (nSPS) is 14.6. The molecule has 0 bridgehead atoms. The first-order valence-electron chi connectivity index (χ1n) is 11.7. The van der Waals surface area contributed by atoms with Crippen molar-refractivity contribution in [3.8, 4) is 0 Å². The summed E-state index contributed by atoms with van der Waals surface area (Å²) in [5.74, 6) is 0. The van der Waals surface area contributed by atoms with Gasteiger partial charge in [0, 0.05) is 40.2 Å². The van der Waals surface area contributed by atoms with Gasteiger partial charge in [0.05, 0.1) is 6.54 Å². The molecule has 2 aromatic carbocycles. The van der Waals surface area contributed by atoms with Crippen LogP contribution in [0.2, 0.25) is 10.0 Å². The molecule has 0 atom stereocenters. The zero-order valence-corrected chi connectivity index (χ0v) is 21.4. The molecule has 3 aromatic rings. The van der Waals surface area contributed by atoms with Gasteiger partial charge in [-0.2, -0.15) is 0 Å². The standard InChI is InChI=1S/C27H31Cl2N3S/c1-20-14-15-22(17-26(20)29)30-27(33)32(23-10-4-2-3-5-11-23)19-24-12-8-16-31(24)18-21-9-6-7-13-25(21)28/h6-9,12-17,23H,2-5,10-11,18-19H2,1H3,(H,30,33). The maximum absolute atomic E-state index is 6.44. The summed E-state index contributed by atoms with van der Waals surface area (Å²) in [6.45, 7) is 3.51. The van der Waals surface area contributed by atoms with Crippen LogP contribution >= 0.6 is 35.4 Å². The van der Waals surface area contributed by atoms with E-state index in [0.717, 1.165) is 45.1 Å². The van der Waals surface area contributed by atoms with Crippen molar-refractivity contribution in [2.45, 2.75) is 64.6 Å². The molecule has 0 radical (unpaired) electrons. The van der Waals surface area contributed by atoms with Crippen LogP contribution in [0.5, 0.6) is 0 Å².